The normalized spacial score (nSPS) is 20.6. The Kier molecular flexibility index (Phi) is 5.01. The first-order valence-electron chi connectivity index (χ1n) is 7.26. The van der Waals surface area contributed by atoms with Crippen molar-refractivity contribution in [3.05, 3.63) is 29.8 Å². The maximum atomic E-state index is 12.4. The van der Waals surface area contributed by atoms with Crippen molar-refractivity contribution in [2.45, 2.75) is 32.2 Å². The first kappa shape index (κ1) is 14.9. The van der Waals surface area contributed by atoms with E-state index in [1.165, 1.54) is 5.56 Å². The second-order valence-corrected chi connectivity index (χ2v) is 5.52. The van der Waals surface area contributed by atoms with Crippen LogP contribution in [0.2, 0.25) is 0 Å². The molecule has 1 aromatic rings. The monoisotopic (exact) mass is 276 g/mol. The van der Waals surface area contributed by atoms with E-state index in [9.17, 15) is 4.79 Å². The van der Waals surface area contributed by atoms with Gasteiger partial charge in [0.15, 0.2) is 0 Å². The smallest absolute Gasteiger partial charge is 0.223 e. The van der Waals surface area contributed by atoms with E-state index in [2.05, 4.69) is 19.2 Å². The van der Waals surface area contributed by atoms with E-state index in [0.29, 0.717) is 12.5 Å². The molecule has 1 saturated heterocycles. The van der Waals surface area contributed by atoms with Crippen molar-refractivity contribution in [3.63, 3.8) is 0 Å². The molecule has 0 aliphatic carbocycles. The van der Waals surface area contributed by atoms with Gasteiger partial charge >= 0.3 is 0 Å². The molecule has 4 nitrogen and oxygen atoms in total. The Balaban J connectivity index is 1.95. The minimum atomic E-state index is 0.232. The average molecular weight is 276 g/mol. The van der Waals surface area contributed by atoms with Crippen molar-refractivity contribution >= 4 is 5.91 Å². The number of rotatable bonds is 4. The Hall–Kier alpha value is -1.55. The summed E-state index contributed by atoms with van der Waals surface area (Å²) >= 11 is 0. The number of nitrogens with zero attached hydrogens (tertiary/aromatic N) is 1. The summed E-state index contributed by atoms with van der Waals surface area (Å²) in [6, 6.07) is 8.27. The molecular formula is C16H24N2O2. The zero-order valence-electron chi connectivity index (χ0n) is 12.6. The SMILES string of the molecule is COc1ccc(C(C)CC(=O)N2CCNCC2C)cc1. The lowest BCUT2D eigenvalue weighted by Crippen LogP contribution is -2.52. The molecule has 2 unspecified atom stereocenters. The molecule has 1 N–H and O–H groups in total. The van der Waals surface area contributed by atoms with Crippen LogP contribution in [0.3, 0.4) is 0 Å². The third-order valence-corrected chi connectivity index (χ3v) is 3.99. The topological polar surface area (TPSA) is 41.6 Å². The van der Waals surface area contributed by atoms with Gasteiger partial charge in [0.25, 0.3) is 0 Å². The van der Waals surface area contributed by atoms with E-state index in [1.54, 1.807) is 7.11 Å². The number of piperazine rings is 1. The molecule has 0 radical (unpaired) electrons. The van der Waals surface area contributed by atoms with Crippen molar-refractivity contribution < 1.29 is 9.53 Å². The molecule has 0 spiro atoms. The summed E-state index contributed by atoms with van der Waals surface area (Å²) in [6.07, 6.45) is 0.566. The van der Waals surface area contributed by atoms with Gasteiger partial charge in [0.05, 0.1) is 7.11 Å². The highest BCUT2D eigenvalue weighted by molar-refractivity contribution is 5.77. The van der Waals surface area contributed by atoms with Gasteiger partial charge in [-0.15, -0.1) is 0 Å². The highest BCUT2D eigenvalue weighted by Crippen LogP contribution is 2.23. The van der Waals surface area contributed by atoms with E-state index in [1.807, 2.05) is 29.2 Å². The first-order chi connectivity index (χ1) is 9.61. The number of nitrogens with one attached hydrogen (secondary N) is 1. The van der Waals surface area contributed by atoms with Crippen LogP contribution < -0.4 is 10.1 Å². The summed E-state index contributed by atoms with van der Waals surface area (Å²) in [5, 5.41) is 3.31. The number of benzene rings is 1. The molecule has 1 fully saturated rings. The van der Waals surface area contributed by atoms with Crippen molar-refractivity contribution in [1.82, 2.24) is 10.2 Å². The molecule has 2 atom stereocenters. The van der Waals surface area contributed by atoms with Crippen LogP contribution in [-0.4, -0.2) is 43.6 Å². The second kappa shape index (κ2) is 6.75. The Morgan fingerprint density at radius 3 is 2.75 bits per heavy atom. The van der Waals surface area contributed by atoms with Crippen LogP contribution in [0.25, 0.3) is 0 Å². The van der Waals surface area contributed by atoms with Crippen LogP contribution in [-0.2, 0) is 4.79 Å². The summed E-state index contributed by atoms with van der Waals surface area (Å²) in [4.78, 5) is 14.4. The van der Waals surface area contributed by atoms with Gasteiger partial charge in [-0.25, -0.2) is 0 Å². The van der Waals surface area contributed by atoms with Gasteiger partial charge in [-0.1, -0.05) is 19.1 Å². The molecule has 0 saturated carbocycles. The number of ether oxygens (including phenoxy) is 1. The van der Waals surface area contributed by atoms with Crippen LogP contribution in [0, 0.1) is 0 Å². The van der Waals surface area contributed by atoms with Gasteiger partial charge in [-0.3, -0.25) is 4.79 Å². The molecule has 0 aromatic heterocycles. The van der Waals surface area contributed by atoms with E-state index in [-0.39, 0.29) is 11.8 Å². The summed E-state index contributed by atoms with van der Waals surface area (Å²) < 4.78 is 5.16. The maximum Gasteiger partial charge on any atom is 0.223 e. The molecule has 0 bridgehead atoms. The number of methoxy groups -OCH3 is 1. The van der Waals surface area contributed by atoms with Crippen LogP contribution in [0.15, 0.2) is 24.3 Å². The van der Waals surface area contributed by atoms with Gasteiger partial charge in [0.2, 0.25) is 5.91 Å². The van der Waals surface area contributed by atoms with Gasteiger partial charge in [0, 0.05) is 32.1 Å². The number of amides is 1. The fourth-order valence-corrected chi connectivity index (χ4v) is 2.64. The number of carbonyl (C=O) groups is 1. The predicted molar refractivity (Wildman–Crippen MR) is 80.1 cm³/mol. The summed E-state index contributed by atoms with van der Waals surface area (Å²) in [5.41, 5.74) is 1.18. The Morgan fingerprint density at radius 1 is 1.45 bits per heavy atom. The second-order valence-electron chi connectivity index (χ2n) is 5.52. The van der Waals surface area contributed by atoms with E-state index >= 15 is 0 Å². The molecule has 1 aliphatic rings. The van der Waals surface area contributed by atoms with Gasteiger partial charge in [0.1, 0.15) is 5.75 Å². The molecular weight excluding hydrogens is 252 g/mol. The lowest BCUT2D eigenvalue weighted by Gasteiger charge is -2.34. The minimum Gasteiger partial charge on any atom is -0.497 e. The number of carbonyl (C=O) groups excluding carboxylic acids is 1. The molecule has 1 aliphatic heterocycles. The first-order valence-corrected chi connectivity index (χ1v) is 7.26. The van der Waals surface area contributed by atoms with Crippen LogP contribution in [0.1, 0.15) is 31.7 Å². The van der Waals surface area contributed by atoms with E-state index in [4.69, 9.17) is 4.74 Å². The highest BCUT2D eigenvalue weighted by atomic mass is 16.5. The Bertz CT molecular complexity index is 444. The van der Waals surface area contributed by atoms with Crippen molar-refractivity contribution in [2.24, 2.45) is 0 Å². The molecule has 1 heterocycles. The fraction of sp³-hybridized carbons (Fsp3) is 0.562. The standard InChI is InChI=1S/C16H24N2O2/c1-12(14-4-6-15(20-3)7-5-14)10-16(19)18-9-8-17-11-13(18)2/h4-7,12-13,17H,8-11H2,1-3H3. The average Bonchev–Trinajstić information content (AvgIpc) is 2.47. The zero-order chi connectivity index (χ0) is 14.5. The van der Waals surface area contributed by atoms with Crippen molar-refractivity contribution in [2.75, 3.05) is 26.7 Å². The Labute approximate surface area is 121 Å². The molecule has 110 valence electrons. The number of hydrogen-bond donors (Lipinski definition) is 1. The highest BCUT2D eigenvalue weighted by Gasteiger charge is 2.24. The maximum absolute atomic E-state index is 12.4. The van der Waals surface area contributed by atoms with Gasteiger partial charge in [-0.2, -0.15) is 0 Å². The summed E-state index contributed by atoms with van der Waals surface area (Å²) in [5.74, 6) is 1.33. The fourth-order valence-electron chi connectivity index (χ4n) is 2.64. The quantitative estimate of drug-likeness (QED) is 0.914. The zero-order valence-corrected chi connectivity index (χ0v) is 12.6. The van der Waals surface area contributed by atoms with Crippen LogP contribution in [0.5, 0.6) is 5.75 Å². The molecule has 2 rings (SSSR count). The third kappa shape index (κ3) is 3.51. The predicted octanol–water partition coefficient (Wildman–Crippen LogP) is 2.01. The lowest BCUT2D eigenvalue weighted by molar-refractivity contribution is -0.134. The van der Waals surface area contributed by atoms with Crippen molar-refractivity contribution in [3.8, 4) is 5.75 Å². The lowest BCUT2D eigenvalue weighted by atomic mass is 9.96. The Morgan fingerprint density at radius 2 is 2.15 bits per heavy atom. The molecule has 4 heteroatoms. The van der Waals surface area contributed by atoms with E-state index in [0.717, 1.165) is 25.4 Å². The van der Waals surface area contributed by atoms with Gasteiger partial charge < -0.3 is 15.0 Å². The molecule has 1 amide bonds. The van der Waals surface area contributed by atoms with Crippen molar-refractivity contribution in [1.29, 1.82) is 0 Å². The third-order valence-electron chi connectivity index (χ3n) is 3.99. The summed E-state index contributed by atoms with van der Waals surface area (Å²) in [7, 11) is 1.66. The summed E-state index contributed by atoms with van der Waals surface area (Å²) in [6.45, 7) is 6.81. The molecule has 1 aromatic carbocycles. The van der Waals surface area contributed by atoms with Crippen LogP contribution in [0.4, 0.5) is 0 Å². The largest absolute Gasteiger partial charge is 0.497 e. The van der Waals surface area contributed by atoms with Crippen LogP contribution >= 0.6 is 0 Å². The molecule has 20 heavy (non-hydrogen) atoms. The minimum absolute atomic E-state index is 0.232. The van der Waals surface area contributed by atoms with Gasteiger partial charge in [-0.05, 0) is 30.5 Å². The van der Waals surface area contributed by atoms with E-state index < -0.39 is 0 Å². The number of hydrogen-bond acceptors (Lipinski definition) is 3.